The molecule has 0 saturated carbocycles. The standard InChI is InChI=1S/C35H46N6O5S/c1-35(2,47-23-25-11-15-28(46-3)16-12-25)32(40-33(44)29(38)21-30(42)41(19-17-36)20-18-37)34(45)39-22-24-9-13-27(14-10-24)31(43)26-7-5-4-6-8-26/h4-16,29,32H,17-23,36-38H2,1-3H3,(H,39,45)(H,40,44). The number of ether oxygens (including phenoxy) is 1. The fourth-order valence-electron chi connectivity index (χ4n) is 4.78. The predicted molar refractivity (Wildman–Crippen MR) is 186 cm³/mol. The zero-order valence-electron chi connectivity index (χ0n) is 27.2. The predicted octanol–water partition coefficient (Wildman–Crippen LogP) is 2.20. The molecule has 2 atom stereocenters. The van der Waals surface area contributed by atoms with Crippen LogP contribution in [0.15, 0.2) is 78.9 Å². The van der Waals surface area contributed by atoms with Crippen molar-refractivity contribution in [2.45, 2.75) is 49.4 Å². The second kappa shape index (κ2) is 18.2. The molecule has 0 aliphatic heterocycles. The summed E-state index contributed by atoms with van der Waals surface area (Å²) in [5.74, 6) is -0.177. The Balaban J connectivity index is 1.73. The van der Waals surface area contributed by atoms with Crippen molar-refractivity contribution in [3.8, 4) is 5.75 Å². The molecule has 0 bridgehead atoms. The number of benzene rings is 3. The quantitative estimate of drug-likeness (QED) is 0.128. The minimum atomic E-state index is -1.19. The van der Waals surface area contributed by atoms with Crippen LogP contribution in [0.1, 0.15) is 47.3 Å². The summed E-state index contributed by atoms with van der Waals surface area (Å²) in [5, 5.41) is 5.74. The van der Waals surface area contributed by atoms with Gasteiger partial charge in [0.25, 0.3) is 0 Å². The first-order valence-corrected chi connectivity index (χ1v) is 16.4. The highest BCUT2D eigenvalue weighted by Gasteiger charge is 2.38. The molecule has 0 heterocycles. The highest BCUT2D eigenvalue weighted by atomic mass is 32.2. The van der Waals surface area contributed by atoms with Gasteiger partial charge in [0.2, 0.25) is 17.7 Å². The number of carbonyl (C=O) groups excluding carboxylic acids is 4. The van der Waals surface area contributed by atoms with Gasteiger partial charge in [0.05, 0.1) is 19.6 Å². The number of rotatable bonds is 18. The third-order valence-electron chi connectivity index (χ3n) is 7.61. The molecule has 3 rings (SSSR count). The lowest BCUT2D eigenvalue weighted by atomic mass is 10.0. The van der Waals surface area contributed by atoms with Crippen LogP contribution >= 0.6 is 11.8 Å². The first-order valence-electron chi connectivity index (χ1n) is 15.5. The van der Waals surface area contributed by atoms with Gasteiger partial charge in [0.1, 0.15) is 11.8 Å². The van der Waals surface area contributed by atoms with E-state index in [0.717, 1.165) is 16.9 Å². The SMILES string of the molecule is COc1ccc(CSC(C)(C)C(NC(=O)C(N)CC(=O)N(CCN)CCN)C(=O)NCc2ccc(C(=O)c3ccccc3)cc2)cc1. The maximum Gasteiger partial charge on any atom is 0.244 e. The summed E-state index contributed by atoms with van der Waals surface area (Å²) in [6, 6.07) is 21.4. The largest absolute Gasteiger partial charge is 0.497 e. The number of ketones is 1. The van der Waals surface area contributed by atoms with Gasteiger partial charge in [-0.05, 0) is 37.1 Å². The summed E-state index contributed by atoms with van der Waals surface area (Å²) >= 11 is 1.49. The fraction of sp³-hybridized carbons (Fsp3) is 0.371. The van der Waals surface area contributed by atoms with Crippen LogP contribution in [0.5, 0.6) is 5.75 Å². The number of hydrogen-bond acceptors (Lipinski definition) is 9. The van der Waals surface area contributed by atoms with Gasteiger partial charge in [-0.15, -0.1) is 11.8 Å². The van der Waals surface area contributed by atoms with Crippen LogP contribution in [-0.2, 0) is 26.7 Å². The molecule has 3 amide bonds. The fourth-order valence-corrected chi connectivity index (χ4v) is 5.85. The minimum absolute atomic E-state index is 0.0939. The maximum absolute atomic E-state index is 13.7. The van der Waals surface area contributed by atoms with Gasteiger partial charge in [0, 0.05) is 54.4 Å². The summed E-state index contributed by atoms with van der Waals surface area (Å²) in [4.78, 5) is 54.1. The number of carbonyl (C=O) groups is 4. The molecule has 0 fully saturated rings. The lowest BCUT2D eigenvalue weighted by Gasteiger charge is -2.34. The molecular formula is C35H46N6O5S. The van der Waals surface area contributed by atoms with E-state index in [0.29, 0.717) is 30.0 Å². The van der Waals surface area contributed by atoms with Crippen molar-refractivity contribution in [2.24, 2.45) is 17.2 Å². The Morgan fingerprint density at radius 1 is 0.830 bits per heavy atom. The molecule has 252 valence electrons. The third-order valence-corrected chi connectivity index (χ3v) is 9.07. The van der Waals surface area contributed by atoms with Gasteiger partial charge in [-0.2, -0.15) is 0 Å². The number of nitrogens with two attached hydrogens (primary N) is 3. The van der Waals surface area contributed by atoms with Gasteiger partial charge >= 0.3 is 0 Å². The van der Waals surface area contributed by atoms with Gasteiger partial charge in [0.15, 0.2) is 5.78 Å². The van der Waals surface area contributed by atoms with Crippen LogP contribution in [0, 0.1) is 0 Å². The van der Waals surface area contributed by atoms with Crippen molar-refractivity contribution >= 4 is 35.3 Å². The molecule has 0 aliphatic carbocycles. The smallest absolute Gasteiger partial charge is 0.244 e. The molecule has 0 aliphatic rings. The van der Waals surface area contributed by atoms with E-state index in [1.165, 1.54) is 16.7 Å². The van der Waals surface area contributed by atoms with E-state index in [2.05, 4.69) is 10.6 Å². The van der Waals surface area contributed by atoms with Gasteiger partial charge in [-0.25, -0.2) is 0 Å². The molecule has 0 spiro atoms. The van der Waals surface area contributed by atoms with E-state index in [1.54, 1.807) is 43.5 Å². The van der Waals surface area contributed by atoms with Crippen molar-refractivity contribution in [1.29, 1.82) is 0 Å². The molecule has 12 heteroatoms. The lowest BCUT2D eigenvalue weighted by molar-refractivity contribution is -0.135. The van der Waals surface area contributed by atoms with Crippen LogP contribution in [0.2, 0.25) is 0 Å². The van der Waals surface area contributed by atoms with Crippen LogP contribution in [0.3, 0.4) is 0 Å². The number of nitrogens with one attached hydrogen (secondary N) is 2. The minimum Gasteiger partial charge on any atom is -0.497 e. The van der Waals surface area contributed by atoms with E-state index in [1.807, 2.05) is 56.3 Å². The van der Waals surface area contributed by atoms with Gasteiger partial charge in [-0.3, -0.25) is 19.2 Å². The second-order valence-electron chi connectivity index (χ2n) is 11.6. The molecule has 0 aromatic heterocycles. The zero-order chi connectivity index (χ0) is 34.4. The topological polar surface area (TPSA) is 183 Å². The van der Waals surface area contributed by atoms with Gasteiger partial charge in [-0.1, -0.05) is 66.7 Å². The lowest BCUT2D eigenvalue weighted by Crippen LogP contribution is -2.59. The third kappa shape index (κ3) is 11.2. The number of thioether (sulfide) groups is 1. The Labute approximate surface area is 281 Å². The van der Waals surface area contributed by atoms with E-state index >= 15 is 0 Å². The van der Waals surface area contributed by atoms with Crippen LogP contribution < -0.4 is 32.6 Å². The van der Waals surface area contributed by atoms with Crippen LogP contribution in [0.25, 0.3) is 0 Å². The highest BCUT2D eigenvalue weighted by Crippen LogP contribution is 2.32. The Kier molecular flexibility index (Phi) is 14.4. The molecule has 8 N–H and O–H groups in total. The first-order chi connectivity index (χ1) is 22.5. The molecule has 3 aromatic rings. The van der Waals surface area contributed by atoms with Crippen molar-refractivity contribution in [1.82, 2.24) is 15.5 Å². The highest BCUT2D eigenvalue weighted by molar-refractivity contribution is 7.99. The molecule has 11 nitrogen and oxygen atoms in total. The molecule has 47 heavy (non-hydrogen) atoms. The van der Waals surface area contributed by atoms with E-state index in [4.69, 9.17) is 21.9 Å². The number of nitrogens with zero attached hydrogens (tertiary/aromatic N) is 1. The Morgan fingerprint density at radius 3 is 1.98 bits per heavy atom. The summed E-state index contributed by atoms with van der Waals surface area (Å²) < 4.78 is 4.46. The molecule has 0 radical (unpaired) electrons. The van der Waals surface area contributed by atoms with Crippen molar-refractivity contribution in [3.05, 3.63) is 101 Å². The normalized spacial score (nSPS) is 12.5. The Hall–Kier alpha value is -4.23. The van der Waals surface area contributed by atoms with Crippen LogP contribution in [-0.4, -0.2) is 78.5 Å². The number of methoxy groups -OCH3 is 1. The summed E-state index contributed by atoms with van der Waals surface area (Å²) in [6.45, 7) is 5.01. The monoisotopic (exact) mass is 662 g/mol. The summed E-state index contributed by atoms with van der Waals surface area (Å²) in [6.07, 6.45) is -0.256. The Bertz CT molecular complexity index is 1460. The van der Waals surface area contributed by atoms with Crippen LogP contribution in [0.4, 0.5) is 0 Å². The first kappa shape index (κ1) is 37.2. The molecule has 3 aromatic carbocycles. The molecule has 2 unspecified atom stereocenters. The average molecular weight is 663 g/mol. The summed E-state index contributed by atoms with van der Waals surface area (Å²) in [7, 11) is 1.60. The number of amides is 3. The zero-order valence-corrected chi connectivity index (χ0v) is 28.1. The Morgan fingerprint density at radius 2 is 1.40 bits per heavy atom. The molecular weight excluding hydrogens is 616 g/mol. The van der Waals surface area contributed by atoms with E-state index in [-0.39, 0.29) is 37.7 Å². The summed E-state index contributed by atoms with van der Waals surface area (Å²) in [5.41, 5.74) is 20.3. The van der Waals surface area contributed by atoms with E-state index < -0.39 is 28.6 Å². The second-order valence-corrected chi connectivity index (χ2v) is 13.2. The maximum atomic E-state index is 13.7. The van der Waals surface area contributed by atoms with Gasteiger partial charge < -0.3 is 37.5 Å². The van der Waals surface area contributed by atoms with Crippen molar-refractivity contribution in [2.75, 3.05) is 33.3 Å². The average Bonchev–Trinajstić information content (AvgIpc) is 3.08. The number of hydrogen-bond donors (Lipinski definition) is 5. The van der Waals surface area contributed by atoms with Crippen molar-refractivity contribution in [3.63, 3.8) is 0 Å². The van der Waals surface area contributed by atoms with Crippen molar-refractivity contribution < 1.29 is 23.9 Å². The van der Waals surface area contributed by atoms with E-state index in [9.17, 15) is 19.2 Å². The molecule has 0 saturated heterocycles.